The van der Waals surface area contributed by atoms with Crippen molar-refractivity contribution in [3.63, 3.8) is 0 Å². The van der Waals surface area contributed by atoms with Crippen molar-refractivity contribution in [1.82, 2.24) is 4.31 Å². The first-order valence-corrected chi connectivity index (χ1v) is 10.2. The monoisotopic (exact) mass is 407 g/mol. The Morgan fingerprint density at radius 2 is 1.86 bits per heavy atom. The number of hydrogen-bond donors (Lipinski definition) is 1. The molecule has 3 rings (SSSR count). The highest BCUT2D eigenvalue weighted by Crippen LogP contribution is 2.29. The molecule has 0 aliphatic carbocycles. The molecule has 1 N–H and O–H groups in total. The second-order valence-corrected chi connectivity index (χ2v) is 7.98. The number of rotatable bonds is 8. The predicted molar refractivity (Wildman–Crippen MR) is 103 cm³/mol. The lowest BCUT2D eigenvalue weighted by molar-refractivity contribution is -0.384. The highest BCUT2D eigenvalue weighted by Gasteiger charge is 2.28. The van der Waals surface area contributed by atoms with Crippen molar-refractivity contribution in [3.05, 3.63) is 58.6 Å². The summed E-state index contributed by atoms with van der Waals surface area (Å²) in [4.78, 5) is 10.7. The second-order valence-electron chi connectivity index (χ2n) is 6.04. The Bertz CT molecular complexity index is 914. The third-order valence-electron chi connectivity index (χ3n) is 4.20. The van der Waals surface area contributed by atoms with E-state index in [1.165, 1.54) is 16.4 Å². The van der Waals surface area contributed by atoms with Crippen LogP contribution in [0.1, 0.15) is 0 Å². The van der Waals surface area contributed by atoms with Gasteiger partial charge in [0.1, 0.15) is 18.0 Å². The first kappa shape index (κ1) is 20.1. The van der Waals surface area contributed by atoms with Gasteiger partial charge in [0.2, 0.25) is 10.0 Å². The quantitative estimate of drug-likeness (QED) is 0.405. The summed E-state index contributed by atoms with van der Waals surface area (Å²) >= 11 is 0. The van der Waals surface area contributed by atoms with E-state index in [2.05, 4.69) is 5.32 Å². The molecule has 0 spiro atoms. The summed E-state index contributed by atoms with van der Waals surface area (Å²) in [5.41, 5.74) is -0.0587. The van der Waals surface area contributed by atoms with Gasteiger partial charge in [-0.25, -0.2) is 8.42 Å². The van der Waals surface area contributed by atoms with Crippen LogP contribution in [0.3, 0.4) is 0 Å². The van der Waals surface area contributed by atoms with Crippen LogP contribution in [-0.2, 0) is 14.8 Å². The summed E-state index contributed by atoms with van der Waals surface area (Å²) in [5, 5.41) is 14.4. The Morgan fingerprint density at radius 3 is 2.54 bits per heavy atom. The van der Waals surface area contributed by atoms with E-state index >= 15 is 0 Å². The number of hydrogen-bond acceptors (Lipinski definition) is 7. The smallest absolute Gasteiger partial charge is 0.293 e. The van der Waals surface area contributed by atoms with Crippen molar-refractivity contribution in [2.24, 2.45) is 0 Å². The lowest BCUT2D eigenvalue weighted by Gasteiger charge is -2.26. The number of anilines is 1. The topological polar surface area (TPSA) is 111 Å². The Morgan fingerprint density at radius 1 is 1.14 bits per heavy atom. The Labute approximate surface area is 163 Å². The molecule has 2 aromatic rings. The molecule has 0 saturated carbocycles. The number of benzene rings is 2. The molecule has 1 aliphatic rings. The number of nitro benzene ring substituents is 1. The van der Waals surface area contributed by atoms with Gasteiger partial charge in [0, 0.05) is 25.7 Å². The largest absolute Gasteiger partial charge is 0.492 e. The fourth-order valence-corrected chi connectivity index (χ4v) is 4.21. The van der Waals surface area contributed by atoms with E-state index < -0.39 is 14.9 Å². The maximum atomic E-state index is 12.7. The summed E-state index contributed by atoms with van der Waals surface area (Å²) in [6.45, 7) is 1.70. The molecule has 0 atom stereocenters. The zero-order chi connectivity index (χ0) is 20.0. The van der Waals surface area contributed by atoms with Crippen molar-refractivity contribution in [3.8, 4) is 5.75 Å². The Hall–Kier alpha value is -2.69. The van der Waals surface area contributed by atoms with Crippen LogP contribution in [-0.4, -0.2) is 57.1 Å². The summed E-state index contributed by atoms with van der Waals surface area (Å²) in [6.07, 6.45) is 0. The standard InChI is InChI=1S/C18H21N3O6S/c22-21(23)18-14-16(28(24,25)20-9-12-26-13-10-20)6-7-17(18)19-8-11-27-15-4-2-1-3-5-15/h1-7,14,19H,8-13H2. The maximum Gasteiger partial charge on any atom is 0.293 e. The van der Waals surface area contributed by atoms with Crippen molar-refractivity contribution < 1.29 is 22.8 Å². The van der Waals surface area contributed by atoms with Crippen LogP contribution in [0.2, 0.25) is 0 Å². The molecule has 0 bridgehead atoms. The minimum Gasteiger partial charge on any atom is -0.492 e. The van der Waals surface area contributed by atoms with Crippen molar-refractivity contribution in [2.75, 3.05) is 44.8 Å². The zero-order valence-corrected chi connectivity index (χ0v) is 15.9. The number of nitrogens with zero attached hydrogens (tertiary/aromatic N) is 2. The van der Waals surface area contributed by atoms with Crippen LogP contribution in [0.15, 0.2) is 53.4 Å². The molecule has 9 nitrogen and oxygen atoms in total. The van der Waals surface area contributed by atoms with Gasteiger partial charge in [0.15, 0.2) is 0 Å². The average molecular weight is 407 g/mol. The Kier molecular flexibility index (Phi) is 6.45. The molecular weight excluding hydrogens is 386 g/mol. The number of para-hydroxylation sites is 1. The van der Waals surface area contributed by atoms with Gasteiger partial charge >= 0.3 is 0 Å². The molecule has 28 heavy (non-hydrogen) atoms. The minimum absolute atomic E-state index is 0.104. The first-order chi connectivity index (χ1) is 13.5. The Balaban J connectivity index is 1.69. The summed E-state index contributed by atoms with van der Waals surface area (Å²) in [6, 6.07) is 13.1. The van der Waals surface area contributed by atoms with E-state index in [0.717, 1.165) is 6.07 Å². The molecule has 10 heteroatoms. The van der Waals surface area contributed by atoms with E-state index in [1.54, 1.807) is 0 Å². The van der Waals surface area contributed by atoms with E-state index in [0.29, 0.717) is 32.1 Å². The molecule has 2 aromatic carbocycles. The van der Waals surface area contributed by atoms with Gasteiger partial charge in [-0.1, -0.05) is 18.2 Å². The van der Waals surface area contributed by atoms with Gasteiger partial charge in [-0.05, 0) is 24.3 Å². The minimum atomic E-state index is -3.80. The first-order valence-electron chi connectivity index (χ1n) is 8.76. The van der Waals surface area contributed by atoms with Crippen molar-refractivity contribution >= 4 is 21.4 Å². The molecule has 1 saturated heterocycles. The molecule has 1 heterocycles. The molecule has 1 aliphatic heterocycles. The maximum absolute atomic E-state index is 12.7. The van der Waals surface area contributed by atoms with Crippen molar-refractivity contribution in [1.29, 1.82) is 0 Å². The van der Waals surface area contributed by atoms with E-state index in [1.807, 2.05) is 30.3 Å². The van der Waals surface area contributed by atoms with Gasteiger partial charge < -0.3 is 14.8 Å². The number of nitro groups is 1. The number of sulfonamides is 1. The third-order valence-corrected chi connectivity index (χ3v) is 6.10. The van der Waals surface area contributed by atoms with Crippen LogP contribution >= 0.6 is 0 Å². The SMILES string of the molecule is O=[N+]([O-])c1cc(S(=O)(=O)N2CCOCC2)ccc1NCCOc1ccccc1. The molecule has 0 aromatic heterocycles. The number of ether oxygens (including phenoxy) is 2. The summed E-state index contributed by atoms with van der Waals surface area (Å²) in [5.74, 6) is 0.700. The van der Waals surface area contributed by atoms with Gasteiger partial charge in [0.25, 0.3) is 5.69 Å². The van der Waals surface area contributed by atoms with Crippen LogP contribution in [0.5, 0.6) is 5.75 Å². The number of morpholine rings is 1. The third kappa shape index (κ3) is 4.77. The van der Waals surface area contributed by atoms with Crippen LogP contribution < -0.4 is 10.1 Å². The molecule has 0 amide bonds. The fraction of sp³-hybridized carbons (Fsp3) is 0.333. The number of nitrogens with one attached hydrogen (secondary N) is 1. The fourth-order valence-electron chi connectivity index (χ4n) is 2.78. The molecular formula is C18H21N3O6S. The van der Waals surface area contributed by atoms with Gasteiger partial charge in [-0.3, -0.25) is 10.1 Å². The van der Waals surface area contributed by atoms with Crippen LogP contribution in [0.25, 0.3) is 0 Å². The lowest BCUT2D eigenvalue weighted by atomic mass is 10.2. The lowest BCUT2D eigenvalue weighted by Crippen LogP contribution is -2.40. The molecule has 1 fully saturated rings. The highest BCUT2D eigenvalue weighted by atomic mass is 32.2. The highest BCUT2D eigenvalue weighted by molar-refractivity contribution is 7.89. The van der Waals surface area contributed by atoms with E-state index in [4.69, 9.17) is 9.47 Å². The van der Waals surface area contributed by atoms with E-state index in [9.17, 15) is 18.5 Å². The molecule has 0 radical (unpaired) electrons. The summed E-state index contributed by atoms with van der Waals surface area (Å²) < 4.78 is 37.4. The van der Waals surface area contributed by atoms with Crippen LogP contribution in [0, 0.1) is 10.1 Å². The van der Waals surface area contributed by atoms with Gasteiger partial charge in [-0.2, -0.15) is 4.31 Å². The van der Waals surface area contributed by atoms with Gasteiger partial charge in [-0.15, -0.1) is 0 Å². The molecule has 0 unspecified atom stereocenters. The normalized spacial score (nSPS) is 15.1. The average Bonchev–Trinajstić information content (AvgIpc) is 2.72. The van der Waals surface area contributed by atoms with Crippen molar-refractivity contribution in [2.45, 2.75) is 4.90 Å². The van der Waals surface area contributed by atoms with Gasteiger partial charge in [0.05, 0.1) is 23.0 Å². The molecule has 150 valence electrons. The summed E-state index contributed by atoms with van der Waals surface area (Å²) in [7, 11) is -3.80. The van der Waals surface area contributed by atoms with E-state index in [-0.39, 0.29) is 29.4 Å². The van der Waals surface area contributed by atoms with Crippen LogP contribution in [0.4, 0.5) is 11.4 Å². The second kappa shape index (κ2) is 9.00. The zero-order valence-electron chi connectivity index (χ0n) is 15.1. The predicted octanol–water partition coefficient (Wildman–Crippen LogP) is 2.11.